The van der Waals surface area contributed by atoms with Crippen LogP contribution >= 0.6 is 55.1 Å². The highest BCUT2D eigenvalue weighted by molar-refractivity contribution is 9.09. The summed E-state index contributed by atoms with van der Waals surface area (Å²) in [5.74, 6) is -0.416. The summed E-state index contributed by atoms with van der Waals surface area (Å²) in [6.07, 6.45) is -9.59. The molecule has 0 aliphatic rings. The lowest BCUT2D eigenvalue weighted by Crippen LogP contribution is -2.10. The van der Waals surface area contributed by atoms with Gasteiger partial charge in [-0.3, -0.25) is 4.79 Å². The van der Waals surface area contributed by atoms with Crippen LogP contribution in [0.25, 0.3) is 0 Å². The van der Waals surface area contributed by atoms with E-state index in [1.54, 1.807) is 0 Å². The van der Waals surface area contributed by atoms with Crippen molar-refractivity contribution in [2.24, 2.45) is 0 Å². The Morgan fingerprint density at radius 1 is 0.767 bits per heavy atom. The summed E-state index contributed by atoms with van der Waals surface area (Å²) in [7, 11) is 0. The van der Waals surface area contributed by atoms with Gasteiger partial charge in [-0.05, 0) is 47.5 Å². The Morgan fingerprint density at radius 3 is 1.40 bits per heavy atom. The van der Waals surface area contributed by atoms with E-state index in [1.165, 1.54) is 0 Å². The number of Topliss-reactive ketones (excluding diaryl/α,β-unsaturated/α-hetero) is 1. The van der Waals surface area contributed by atoms with Crippen LogP contribution in [0.3, 0.4) is 0 Å². The molecule has 11 heteroatoms. The summed E-state index contributed by atoms with van der Waals surface area (Å²) in [5.41, 5.74) is -1.65. The highest BCUT2D eigenvalue weighted by Gasteiger charge is 2.33. The van der Waals surface area contributed by atoms with Gasteiger partial charge in [0.05, 0.1) is 11.1 Å². The van der Waals surface area contributed by atoms with E-state index < -0.39 is 38.9 Å². The van der Waals surface area contributed by atoms with Gasteiger partial charge in [0.1, 0.15) is 5.78 Å². The molecule has 2 rings (SSSR count). The molecule has 2 aromatic rings. The molecule has 0 heterocycles. The van der Waals surface area contributed by atoms with Crippen molar-refractivity contribution in [3.8, 4) is 0 Å². The fourth-order valence-corrected chi connectivity index (χ4v) is 4.87. The highest BCUT2D eigenvalue weighted by atomic mass is 79.9. The topological polar surface area (TPSA) is 17.1 Å². The molecule has 0 aliphatic carbocycles. The van der Waals surface area contributed by atoms with Gasteiger partial charge in [0, 0.05) is 32.5 Å². The van der Waals surface area contributed by atoms with E-state index in [9.17, 15) is 31.1 Å². The van der Waals surface area contributed by atoms with Crippen LogP contribution in [0.4, 0.5) is 26.3 Å². The Morgan fingerprint density at radius 2 is 1.10 bits per heavy atom. The summed E-state index contributed by atoms with van der Waals surface area (Å²) in [4.78, 5) is 10.8. The third-order valence-electron chi connectivity index (χ3n) is 4.14. The number of carbonyl (C=O) groups excluding carboxylic acids is 1. The van der Waals surface area contributed by atoms with E-state index in [-0.39, 0.29) is 34.0 Å². The van der Waals surface area contributed by atoms with Crippen molar-refractivity contribution >= 4 is 60.8 Å². The first-order chi connectivity index (χ1) is 13.7. The van der Waals surface area contributed by atoms with Crippen molar-refractivity contribution in [2.45, 2.75) is 34.8 Å². The van der Waals surface area contributed by atoms with Crippen LogP contribution in [0.1, 0.15) is 44.7 Å². The summed E-state index contributed by atoms with van der Waals surface area (Å²) < 4.78 is 77.5. The molecule has 0 bridgehead atoms. The average Bonchev–Trinajstić information content (AvgIpc) is 2.60. The molecule has 164 valence electrons. The first-order valence-electron chi connectivity index (χ1n) is 8.23. The predicted molar refractivity (Wildman–Crippen MR) is 110 cm³/mol. The lowest BCUT2D eigenvalue weighted by Gasteiger charge is -2.17. The van der Waals surface area contributed by atoms with Gasteiger partial charge < -0.3 is 0 Å². The Kier molecular flexibility index (Phi) is 8.32. The molecule has 0 amide bonds. The van der Waals surface area contributed by atoms with Crippen LogP contribution in [0.15, 0.2) is 36.4 Å². The second-order valence-corrected chi connectivity index (χ2v) is 9.38. The highest BCUT2D eigenvalue weighted by Crippen LogP contribution is 2.40. The van der Waals surface area contributed by atoms with Crippen LogP contribution in [-0.2, 0) is 17.1 Å². The standard InChI is InChI=1S/C19H12Br2Cl2F6O/c20-14(12-5-9(18(24,25)26)1-3-16(12)22)7-11(30)8-15(21)13-6-10(19(27,28)29)2-4-17(13)23/h1-6,14-15H,7-8H2. The predicted octanol–water partition coefficient (Wildman–Crippen LogP) is 8.95. The molecule has 0 N–H and O–H groups in total. The molecule has 0 fully saturated rings. The quantitative estimate of drug-likeness (QED) is 0.239. The zero-order valence-corrected chi connectivity index (χ0v) is 19.4. The third-order valence-corrected chi connectivity index (χ3v) is 6.46. The number of ketones is 1. The maximum Gasteiger partial charge on any atom is 0.416 e. The lowest BCUT2D eigenvalue weighted by molar-refractivity contribution is -0.138. The summed E-state index contributed by atoms with van der Waals surface area (Å²) >= 11 is 18.3. The average molecular weight is 601 g/mol. The van der Waals surface area contributed by atoms with E-state index in [1.807, 2.05) is 0 Å². The molecule has 2 aromatic carbocycles. The first-order valence-corrected chi connectivity index (χ1v) is 10.8. The third kappa shape index (κ3) is 6.61. The van der Waals surface area contributed by atoms with Crippen molar-refractivity contribution in [1.29, 1.82) is 0 Å². The van der Waals surface area contributed by atoms with Crippen molar-refractivity contribution in [2.75, 3.05) is 0 Å². The van der Waals surface area contributed by atoms with Gasteiger partial charge in [0.15, 0.2) is 0 Å². The second kappa shape index (κ2) is 9.79. The molecule has 2 unspecified atom stereocenters. The number of benzene rings is 2. The van der Waals surface area contributed by atoms with E-state index >= 15 is 0 Å². The first kappa shape index (κ1) is 25.5. The number of rotatable bonds is 6. The number of alkyl halides is 8. The van der Waals surface area contributed by atoms with E-state index in [2.05, 4.69) is 31.9 Å². The van der Waals surface area contributed by atoms with Gasteiger partial charge in [-0.1, -0.05) is 55.1 Å². The van der Waals surface area contributed by atoms with Gasteiger partial charge in [0.25, 0.3) is 0 Å². The SMILES string of the molecule is O=C(CC(Br)c1cc(C(F)(F)F)ccc1Cl)CC(Br)c1cc(C(F)(F)F)ccc1Cl. The minimum absolute atomic E-state index is 0.0500. The Balaban J connectivity index is 2.14. The fourth-order valence-electron chi connectivity index (χ4n) is 2.62. The molecule has 0 aromatic heterocycles. The van der Waals surface area contributed by atoms with Crippen molar-refractivity contribution in [3.05, 3.63) is 68.7 Å². The Labute approximate surface area is 195 Å². The molecular formula is C19H12Br2Cl2F6O. The van der Waals surface area contributed by atoms with Crippen LogP contribution in [0, 0.1) is 0 Å². The molecule has 0 spiro atoms. The van der Waals surface area contributed by atoms with E-state index in [0.717, 1.165) is 36.4 Å². The largest absolute Gasteiger partial charge is 0.416 e. The van der Waals surface area contributed by atoms with Crippen LogP contribution in [0.5, 0.6) is 0 Å². The lowest BCUT2D eigenvalue weighted by atomic mass is 10.00. The molecule has 0 radical (unpaired) electrons. The van der Waals surface area contributed by atoms with Gasteiger partial charge in [0.2, 0.25) is 0 Å². The van der Waals surface area contributed by atoms with E-state index in [0.29, 0.717) is 0 Å². The normalized spacial score (nSPS) is 14.5. The summed E-state index contributed by atoms with van der Waals surface area (Å²) in [5, 5.41) is 0.1000. The Hall–Kier alpha value is -0.770. The molecule has 0 saturated heterocycles. The van der Waals surface area contributed by atoms with Crippen LogP contribution in [0.2, 0.25) is 10.0 Å². The molecule has 30 heavy (non-hydrogen) atoms. The van der Waals surface area contributed by atoms with Crippen LogP contribution < -0.4 is 0 Å². The summed E-state index contributed by atoms with van der Waals surface area (Å²) in [6.45, 7) is 0. The second-order valence-electron chi connectivity index (χ2n) is 6.35. The minimum Gasteiger partial charge on any atom is -0.300 e. The molecule has 2 atom stereocenters. The van der Waals surface area contributed by atoms with Crippen LogP contribution in [-0.4, -0.2) is 5.78 Å². The number of hydrogen-bond acceptors (Lipinski definition) is 1. The van der Waals surface area contributed by atoms with Crippen molar-refractivity contribution < 1.29 is 31.1 Å². The minimum atomic E-state index is -4.57. The van der Waals surface area contributed by atoms with Gasteiger partial charge >= 0.3 is 12.4 Å². The molecular weight excluding hydrogens is 589 g/mol. The zero-order valence-electron chi connectivity index (χ0n) is 14.7. The maximum absolute atomic E-state index is 12.9. The van der Waals surface area contributed by atoms with Gasteiger partial charge in [-0.2, -0.15) is 26.3 Å². The van der Waals surface area contributed by atoms with Gasteiger partial charge in [-0.25, -0.2) is 0 Å². The number of halogens is 10. The van der Waals surface area contributed by atoms with Gasteiger partial charge in [-0.15, -0.1) is 0 Å². The van der Waals surface area contributed by atoms with E-state index in [4.69, 9.17) is 23.2 Å². The number of hydrogen-bond donors (Lipinski definition) is 0. The smallest absolute Gasteiger partial charge is 0.300 e. The Bertz CT molecular complexity index is 857. The fraction of sp³-hybridized carbons (Fsp3) is 0.316. The molecule has 1 nitrogen and oxygen atoms in total. The maximum atomic E-state index is 12.9. The number of carbonyl (C=O) groups is 1. The van der Waals surface area contributed by atoms with Crippen molar-refractivity contribution in [1.82, 2.24) is 0 Å². The monoisotopic (exact) mass is 598 g/mol. The zero-order chi connectivity index (χ0) is 22.9. The van der Waals surface area contributed by atoms with Crippen molar-refractivity contribution in [3.63, 3.8) is 0 Å². The molecule has 0 aliphatic heterocycles. The molecule has 0 saturated carbocycles. The summed E-state index contributed by atoms with van der Waals surface area (Å²) in [6, 6.07) is 5.55.